The number of amides is 1. The number of aromatic hydroxyl groups is 1. The number of nitrogens with zero attached hydrogens (tertiary/aromatic N) is 2. The number of hydrogen-bond donors (Lipinski definition) is 3. The van der Waals surface area contributed by atoms with Crippen molar-refractivity contribution in [3.8, 4) is 5.75 Å². The second kappa shape index (κ2) is 12.6. The topological polar surface area (TPSA) is 86.2 Å². The van der Waals surface area contributed by atoms with Crippen molar-refractivity contribution in [2.45, 2.75) is 26.9 Å². The van der Waals surface area contributed by atoms with Crippen molar-refractivity contribution < 1.29 is 14.6 Å². The summed E-state index contributed by atoms with van der Waals surface area (Å²) in [6, 6.07) is 12.7. The van der Waals surface area contributed by atoms with Crippen molar-refractivity contribution in [1.29, 1.82) is 0 Å². The minimum Gasteiger partial charge on any atom is -0.508 e. The molecule has 1 aliphatic rings. The van der Waals surface area contributed by atoms with Gasteiger partial charge in [-0.1, -0.05) is 23.8 Å². The lowest BCUT2D eigenvalue weighted by molar-refractivity contribution is -0.00832. The fraction of sp³-hybridized carbons (Fsp3) is 0.417. The molecule has 2 aromatic carbocycles. The number of phenols is 1. The van der Waals surface area contributed by atoms with E-state index in [9.17, 15) is 9.90 Å². The number of nitrogens with one attached hydrogen (secondary N) is 2. The second-order valence-corrected chi connectivity index (χ2v) is 7.70. The van der Waals surface area contributed by atoms with Gasteiger partial charge in [0.1, 0.15) is 11.9 Å². The first-order valence-electron chi connectivity index (χ1n) is 10.8. The predicted molar refractivity (Wildman–Crippen MR) is 138 cm³/mol. The Morgan fingerprint density at radius 3 is 2.62 bits per heavy atom. The fourth-order valence-electron chi connectivity index (χ4n) is 3.69. The Kier molecular flexibility index (Phi) is 10.2. The highest BCUT2D eigenvalue weighted by Gasteiger charge is 2.25. The monoisotopic (exact) mass is 552 g/mol. The Balaban J connectivity index is 0.00000363. The van der Waals surface area contributed by atoms with E-state index in [0.717, 1.165) is 25.6 Å². The zero-order valence-electron chi connectivity index (χ0n) is 18.9. The summed E-state index contributed by atoms with van der Waals surface area (Å²) in [5, 5.41) is 15.6. The van der Waals surface area contributed by atoms with Crippen molar-refractivity contribution in [2.24, 2.45) is 4.99 Å². The van der Waals surface area contributed by atoms with Gasteiger partial charge in [-0.25, -0.2) is 0 Å². The first-order chi connectivity index (χ1) is 15.0. The molecular weight excluding hydrogens is 519 g/mol. The number of ether oxygens (including phenoxy) is 1. The quantitative estimate of drug-likeness (QED) is 0.222. The van der Waals surface area contributed by atoms with Crippen LogP contribution in [0.3, 0.4) is 0 Å². The minimum absolute atomic E-state index is 0. The maximum atomic E-state index is 12.2. The lowest BCUT2D eigenvalue weighted by Gasteiger charge is -2.36. The van der Waals surface area contributed by atoms with E-state index < -0.39 is 0 Å². The van der Waals surface area contributed by atoms with E-state index in [1.165, 1.54) is 28.8 Å². The third-order valence-corrected chi connectivity index (χ3v) is 5.26. The SMILES string of the molecule is CCNC(=NCCNC(=O)c1ccc(O)cc1)N1CCOC(c2ccc(C)cc2C)C1.I. The van der Waals surface area contributed by atoms with Crippen molar-refractivity contribution in [3.63, 3.8) is 0 Å². The number of halogens is 1. The zero-order chi connectivity index (χ0) is 22.2. The molecule has 0 spiro atoms. The molecule has 3 N–H and O–H groups in total. The number of phenolic OH excluding ortho intramolecular Hbond substituents is 1. The molecule has 0 radical (unpaired) electrons. The smallest absolute Gasteiger partial charge is 0.251 e. The van der Waals surface area contributed by atoms with Crippen LogP contribution in [-0.2, 0) is 4.74 Å². The van der Waals surface area contributed by atoms with E-state index in [4.69, 9.17) is 9.73 Å². The third-order valence-electron chi connectivity index (χ3n) is 5.26. The Labute approximate surface area is 207 Å². The van der Waals surface area contributed by atoms with Gasteiger partial charge in [-0.05, 0) is 56.2 Å². The van der Waals surface area contributed by atoms with Crippen LogP contribution in [0.5, 0.6) is 5.75 Å². The molecule has 32 heavy (non-hydrogen) atoms. The van der Waals surface area contributed by atoms with E-state index in [0.29, 0.717) is 25.3 Å². The van der Waals surface area contributed by atoms with Gasteiger partial charge in [0.15, 0.2) is 5.96 Å². The van der Waals surface area contributed by atoms with E-state index in [1.807, 2.05) is 6.92 Å². The molecule has 1 fully saturated rings. The fourth-order valence-corrected chi connectivity index (χ4v) is 3.69. The lowest BCUT2D eigenvalue weighted by atomic mass is 10.00. The van der Waals surface area contributed by atoms with E-state index in [1.54, 1.807) is 12.1 Å². The van der Waals surface area contributed by atoms with Crippen LogP contribution in [0, 0.1) is 13.8 Å². The van der Waals surface area contributed by atoms with Gasteiger partial charge >= 0.3 is 0 Å². The number of aliphatic imine (C=N–C) groups is 1. The van der Waals surface area contributed by atoms with E-state index in [2.05, 4.69) is 47.6 Å². The average Bonchev–Trinajstić information content (AvgIpc) is 2.76. The molecule has 1 saturated heterocycles. The van der Waals surface area contributed by atoms with Gasteiger partial charge in [-0.2, -0.15) is 0 Å². The van der Waals surface area contributed by atoms with Gasteiger partial charge in [0, 0.05) is 25.2 Å². The van der Waals surface area contributed by atoms with Crippen LogP contribution in [-0.4, -0.2) is 61.2 Å². The first-order valence-corrected chi connectivity index (χ1v) is 10.8. The Hall–Kier alpha value is -2.33. The minimum atomic E-state index is -0.179. The van der Waals surface area contributed by atoms with Gasteiger partial charge in [0.2, 0.25) is 0 Å². The summed E-state index contributed by atoms with van der Waals surface area (Å²) in [7, 11) is 0. The van der Waals surface area contributed by atoms with Crippen molar-refractivity contribution in [1.82, 2.24) is 15.5 Å². The van der Waals surface area contributed by atoms with Crippen LogP contribution in [0.2, 0.25) is 0 Å². The normalized spacial score (nSPS) is 16.3. The highest BCUT2D eigenvalue weighted by molar-refractivity contribution is 14.0. The highest BCUT2D eigenvalue weighted by atomic mass is 127. The first kappa shape index (κ1) is 25.9. The van der Waals surface area contributed by atoms with Gasteiger partial charge in [0.05, 0.1) is 19.7 Å². The summed E-state index contributed by atoms with van der Waals surface area (Å²) in [5.74, 6) is 0.794. The van der Waals surface area contributed by atoms with Crippen molar-refractivity contribution in [2.75, 3.05) is 39.3 Å². The van der Waals surface area contributed by atoms with Crippen molar-refractivity contribution in [3.05, 3.63) is 64.7 Å². The molecule has 174 valence electrons. The summed E-state index contributed by atoms with van der Waals surface area (Å²) >= 11 is 0. The highest BCUT2D eigenvalue weighted by Crippen LogP contribution is 2.25. The van der Waals surface area contributed by atoms with E-state index >= 15 is 0 Å². The number of morpholine rings is 1. The lowest BCUT2D eigenvalue weighted by Crippen LogP contribution is -2.48. The number of guanidine groups is 1. The Bertz CT molecular complexity index is 918. The molecule has 1 amide bonds. The number of benzene rings is 2. The van der Waals surface area contributed by atoms with E-state index in [-0.39, 0.29) is 41.7 Å². The molecule has 8 heteroatoms. The Morgan fingerprint density at radius 1 is 1.19 bits per heavy atom. The molecule has 1 heterocycles. The molecule has 0 aliphatic carbocycles. The molecule has 0 bridgehead atoms. The van der Waals surface area contributed by atoms with Gasteiger partial charge in [-0.15, -0.1) is 24.0 Å². The van der Waals surface area contributed by atoms with Crippen LogP contribution in [0.25, 0.3) is 0 Å². The van der Waals surface area contributed by atoms with Crippen molar-refractivity contribution >= 4 is 35.8 Å². The molecule has 0 saturated carbocycles. The maximum absolute atomic E-state index is 12.2. The summed E-state index contributed by atoms with van der Waals surface area (Å²) in [6.07, 6.45) is 0.00686. The standard InChI is InChI=1S/C24H32N4O3.HI/c1-4-25-24(27-12-11-26-23(30)19-6-8-20(29)9-7-19)28-13-14-31-22(16-28)21-10-5-17(2)15-18(21)3;/h5-10,15,22,29H,4,11-14,16H2,1-3H3,(H,25,27)(H,26,30);1H. The number of carbonyl (C=O) groups is 1. The molecule has 7 nitrogen and oxygen atoms in total. The molecule has 1 atom stereocenters. The third kappa shape index (κ3) is 7.09. The second-order valence-electron chi connectivity index (χ2n) is 7.70. The molecular formula is C24H33IN4O3. The van der Waals surface area contributed by atoms with Gasteiger partial charge < -0.3 is 25.4 Å². The molecule has 1 unspecified atom stereocenters. The Morgan fingerprint density at radius 2 is 1.94 bits per heavy atom. The van der Waals surface area contributed by atoms with Gasteiger partial charge in [-0.3, -0.25) is 9.79 Å². The van der Waals surface area contributed by atoms with Crippen LogP contribution in [0.4, 0.5) is 0 Å². The number of carbonyl (C=O) groups excluding carboxylic acids is 1. The summed E-state index contributed by atoms with van der Waals surface area (Å²) in [5.41, 5.74) is 4.22. The summed E-state index contributed by atoms with van der Waals surface area (Å²) < 4.78 is 6.06. The summed E-state index contributed by atoms with van der Waals surface area (Å²) in [6.45, 7) is 10.1. The maximum Gasteiger partial charge on any atom is 0.251 e. The number of aryl methyl sites for hydroxylation is 2. The average molecular weight is 552 g/mol. The van der Waals surface area contributed by atoms with Crippen LogP contribution >= 0.6 is 24.0 Å². The van der Waals surface area contributed by atoms with Crippen LogP contribution in [0.15, 0.2) is 47.5 Å². The molecule has 0 aromatic heterocycles. The number of rotatable bonds is 6. The molecule has 3 rings (SSSR count). The number of hydrogen-bond acceptors (Lipinski definition) is 4. The predicted octanol–water partition coefficient (Wildman–Crippen LogP) is 3.40. The largest absolute Gasteiger partial charge is 0.508 e. The summed E-state index contributed by atoms with van der Waals surface area (Å²) in [4.78, 5) is 19.1. The van der Waals surface area contributed by atoms with Gasteiger partial charge in [0.25, 0.3) is 5.91 Å². The molecule has 1 aliphatic heterocycles. The molecule has 2 aromatic rings. The van der Waals surface area contributed by atoms with Crippen LogP contribution < -0.4 is 10.6 Å². The van der Waals surface area contributed by atoms with Crippen LogP contribution in [0.1, 0.15) is 40.1 Å². The zero-order valence-corrected chi connectivity index (χ0v) is 21.3.